The molecule has 0 radical (unpaired) electrons. The molecule has 0 amide bonds. The minimum Gasteiger partial charge on any atom is -0.115 e. The Hall–Kier alpha value is -2.78. The van der Waals surface area contributed by atoms with Gasteiger partial charge in [0.25, 0.3) is 0 Å². The lowest BCUT2D eigenvalue weighted by molar-refractivity contribution is 0.610. The van der Waals surface area contributed by atoms with Gasteiger partial charge in [0.15, 0.2) is 0 Å². The predicted molar refractivity (Wildman–Crippen MR) is 100 cm³/mol. The number of hydrogen-bond donors (Lipinski definition) is 0. The van der Waals surface area contributed by atoms with Crippen LogP contribution in [0.1, 0.15) is 39.8 Å². The Kier molecular flexibility index (Phi) is 3.51. The second-order valence-corrected chi connectivity index (χ2v) is 6.65. The second kappa shape index (κ2) is 5.69. The predicted octanol–water partition coefficient (Wildman–Crippen LogP) is 5.26. The van der Waals surface area contributed by atoms with E-state index in [9.17, 15) is 0 Å². The zero-order valence-electron chi connectivity index (χ0n) is 13.9. The molecule has 0 saturated heterocycles. The van der Waals surface area contributed by atoms with Gasteiger partial charge in [-0.2, -0.15) is 0 Å². The molecule has 4 rings (SSSR count). The molecule has 0 saturated carbocycles. The van der Waals surface area contributed by atoms with Crippen LogP contribution in [-0.2, 0) is 11.8 Å². The molecule has 0 nitrogen and oxygen atoms in total. The van der Waals surface area contributed by atoms with Gasteiger partial charge in [-0.05, 0) is 54.2 Å². The maximum atomic E-state index is 5.54. The fourth-order valence-electron chi connectivity index (χ4n) is 4.07. The van der Waals surface area contributed by atoms with Crippen LogP contribution in [0.2, 0.25) is 0 Å². The van der Waals surface area contributed by atoms with Crippen LogP contribution >= 0.6 is 0 Å². The van der Waals surface area contributed by atoms with Gasteiger partial charge < -0.3 is 0 Å². The van der Waals surface area contributed by atoms with E-state index < -0.39 is 0 Å². The average Bonchev–Trinajstić information content (AvgIpc) is 3.03. The van der Waals surface area contributed by atoms with Crippen molar-refractivity contribution in [3.05, 3.63) is 106 Å². The van der Waals surface area contributed by atoms with Gasteiger partial charge >= 0.3 is 0 Å². The van der Waals surface area contributed by atoms with E-state index in [4.69, 9.17) is 6.42 Å². The van der Waals surface area contributed by atoms with Crippen molar-refractivity contribution in [2.75, 3.05) is 0 Å². The molecular weight excluding hydrogens is 288 g/mol. The van der Waals surface area contributed by atoms with Gasteiger partial charge in [0.05, 0.1) is 0 Å². The monoisotopic (exact) mass is 308 g/mol. The number of terminal acetylenes is 1. The number of benzene rings is 3. The highest BCUT2D eigenvalue weighted by Gasteiger charge is 2.41. The molecule has 0 heterocycles. The van der Waals surface area contributed by atoms with Crippen molar-refractivity contribution in [2.45, 2.75) is 25.2 Å². The molecule has 1 unspecified atom stereocenters. The molecule has 1 aliphatic carbocycles. The maximum absolute atomic E-state index is 5.54. The van der Waals surface area contributed by atoms with Crippen LogP contribution in [0.4, 0.5) is 0 Å². The largest absolute Gasteiger partial charge is 0.115 e. The number of fused-ring (bicyclic) bond motifs is 1. The van der Waals surface area contributed by atoms with Gasteiger partial charge in [0.1, 0.15) is 0 Å². The van der Waals surface area contributed by atoms with Gasteiger partial charge in [-0.25, -0.2) is 0 Å². The van der Waals surface area contributed by atoms with Crippen molar-refractivity contribution in [1.29, 1.82) is 0 Å². The van der Waals surface area contributed by atoms with E-state index in [1.807, 2.05) is 0 Å². The van der Waals surface area contributed by atoms with Crippen LogP contribution in [0, 0.1) is 19.3 Å². The summed E-state index contributed by atoms with van der Waals surface area (Å²) in [6, 6.07) is 26.4. The molecule has 1 aliphatic rings. The van der Waals surface area contributed by atoms with Gasteiger partial charge in [-0.15, -0.1) is 6.42 Å². The molecule has 0 aromatic heterocycles. The first-order valence-electron chi connectivity index (χ1n) is 8.47. The quantitative estimate of drug-likeness (QED) is 0.567. The molecule has 24 heavy (non-hydrogen) atoms. The summed E-state index contributed by atoms with van der Waals surface area (Å²) >= 11 is 0. The van der Waals surface area contributed by atoms with Crippen molar-refractivity contribution >= 4 is 0 Å². The molecule has 0 fully saturated rings. The fourth-order valence-corrected chi connectivity index (χ4v) is 4.07. The lowest BCUT2D eigenvalue weighted by Crippen LogP contribution is -2.26. The molecule has 3 aromatic carbocycles. The van der Waals surface area contributed by atoms with Gasteiger partial charge in [-0.1, -0.05) is 72.1 Å². The molecule has 0 bridgehead atoms. The van der Waals surface area contributed by atoms with Crippen LogP contribution in [0.25, 0.3) is 0 Å². The molecule has 116 valence electrons. The summed E-state index contributed by atoms with van der Waals surface area (Å²) in [5.74, 6) is 2.72. The molecule has 3 aromatic rings. The lowest BCUT2D eigenvalue weighted by atomic mass is 9.70. The van der Waals surface area contributed by atoms with Crippen LogP contribution in [0.5, 0.6) is 0 Å². The van der Waals surface area contributed by atoms with E-state index >= 15 is 0 Å². The Morgan fingerprint density at radius 3 is 2.12 bits per heavy atom. The summed E-state index contributed by atoms with van der Waals surface area (Å²) in [4.78, 5) is 0. The minimum absolute atomic E-state index is 0.0720. The zero-order chi connectivity index (χ0) is 16.6. The smallest absolute Gasteiger partial charge is 0.0457 e. The van der Waals surface area contributed by atoms with E-state index in [-0.39, 0.29) is 5.41 Å². The first-order chi connectivity index (χ1) is 11.7. The second-order valence-electron chi connectivity index (χ2n) is 6.65. The summed E-state index contributed by atoms with van der Waals surface area (Å²) in [5.41, 5.74) is 7.74. The third kappa shape index (κ3) is 2.17. The van der Waals surface area contributed by atoms with Crippen molar-refractivity contribution in [2.24, 2.45) is 0 Å². The average molecular weight is 308 g/mol. The number of aryl methyl sites for hydroxylation is 2. The molecule has 0 heteroatoms. The lowest BCUT2D eigenvalue weighted by Gasteiger charge is -2.32. The summed E-state index contributed by atoms with van der Waals surface area (Å²) in [7, 11) is 0. The standard InChI is InChI=1S/C24H20/c1-3-19-10-14-22(15-11-19)24(21-12-8-18(2)9-13-21)17-16-20-6-4-5-7-23(20)24/h1,4-15H,16-17H2,2H3. The van der Waals surface area contributed by atoms with Crippen molar-refractivity contribution in [3.63, 3.8) is 0 Å². The van der Waals surface area contributed by atoms with Gasteiger partial charge in [-0.3, -0.25) is 0 Å². The SMILES string of the molecule is C#Cc1ccc(C2(c3ccc(C)cc3)CCc3ccccc32)cc1. The van der Waals surface area contributed by atoms with Gasteiger partial charge in [0.2, 0.25) is 0 Å². The van der Waals surface area contributed by atoms with Crippen molar-refractivity contribution < 1.29 is 0 Å². The summed E-state index contributed by atoms with van der Waals surface area (Å²) in [5, 5.41) is 0. The van der Waals surface area contributed by atoms with E-state index in [0.29, 0.717) is 0 Å². The van der Waals surface area contributed by atoms with Crippen molar-refractivity contribution in [3.8, 4) is 12.3 Å². The Morgan fingerprint density at radius 2 is 1.46 bits per heavy atom. The molecule has 0 N–H and O–H groups in total. The van der Waals surface area contributed by atoms with E-state index in [0.717, 1.165) is 18.4 Å². The Labute approximate surface area is 144 Å². The van der Waals surface area contributed by atoms with Gasteiger partial charge in [0, 0.05) is 11.0 Å². The molecule has 1 atom stereocenters. The molecule has 0 aliphatic heterocycles. The van der Waals surface area contributed by atoms with E-state index in [2.05, 4.69) is 85.6 Å². The highest BCUT2D eigenvalue weighted by Crippen LogP contribution is 2.48. The third-order valence-electron chi connectivity index (χ3n) is 5.34. The number of hydrogen-bond acceptors (Lipinski definition) is 0. The zero-order valence-corrected chi connectivity index (χ0v) is 13.9. The van der Waals surface area contributed by atoms with E-state index in [1.165, 1.54) is 27.8 Å². The normalized spacial score (nSPS) is 18.8. The summed E-state index contributed by atoms with van der Waals surface area (Å²) < 4.78 is 0. The van der Waals surface area contributed by atoms with Crippen LogP contribution in [-0.4, -0.2) is 0 Å². The van der Waals surface area contributed by atoms with E-state index in [1.54, 1.807) is 0 Å². The Balaban J connectivity index is 1.97. The van der Waals surface area contributed by atoms with Crippen LogP contribution < -0.4 is 0 Å². The number of rotatable bonds is 2. The summed E-state index contributed by atoms with van der Waals surface area (Å²) in [6.45, 7) is 2.14. The molecule has 0 spiro atoms. The van der Waals surface area contributed by atoms with Crippen LogP contribution in [0.3, 0.4) is 0 Å². The Morgan fingerprint density at radius 1 is 0.833 bits per heavy atom. The minimum atomic E-state index is -0.0720. The topological polar surface area (TPSA) is 0 Å². The highest BCUT2D eigenvalue weighted by atomic mass is 14.4. The van der Waals surface area contributed by atoms with Crippen LogP contribution in [0.15, 0.2) is 72.8 Å². The Bertz CT molecular complexity index is 908. The summed E-state index contributed by atoms with van der Waals surface area (Å²) in [6.07, 6.45) is 7.75. The highest BCUT2D eigenvalue weighted by molar-refractivity contribution is 5.57. The maximum Gasteiger partial charge on any atom is 0.0457 e. The molecular formula is C24H20. The van der Waals surface area contributed by atoms with Crippen molar-refractivity contribution in [1.82, 2.24) is 0 Å². The third-order valence-corrected chi connectivity index (χ3v) is 5.34. The fraction of sp³-hybridized carbons (Fsp3) is 0.167. The first kappa shape index (κ1) is 14.8. The first-order valence-corrected chi connectivity index (χ1v) is 8.47.